The Hall–Kier alpha value is -3.02. The van der Waals surface area contributed by atoms with Gasteiger partial charge in [0.15, 0.2) is 6.61 Å². The van der Waals surface area contributed by atoms with Crippen molar-refractivity contribution in [2.45, 2.75) is 20.8 Å². The van der Waals surface area contributed by atoms with Crippen LogP contribution >= 0.6 is 0 Å². The highest BCUT2D eigenvalue weighted by atomic mass is 16.5. The first-order valence-corrected chi connectivity index (χ1v) is 8.30. The zero-order valence-electron chi connectivity index (χ0n) is 15.5. The molecule has 0 radical (unpaired) electrons. The minimum atomic E-state index is -0.375. The molecule has 6 nitrogen and oxygen atoms in total. The summed E-state index contributed by atoms with van der Waals surface area (Å²) in [6.45, 7) is 5.59. The molecule has 2 N–H and O–H groups in total. The van der Waals surface area contributed by atoms with Crippen molar-refractivity contribution in [2.75, 3.05) is 25.6 Å². The van der Waals surface area contributed by atoms with Crippen LogP contribution in [-0.4, -0.2) is 32.1 Å². The maximum atomic E-state index is 12.1. The fourth-order valence-corrected chi connectivity index (χ4v) is 2.63. The lowest BCUT2D eigenvalue weighted by Crippen LogP contribution is -2.36. The van der Waals surface area contributed by atoms with Gasteiger partial charge in [-0.25, -0.2) is 0 Å². The summed E-state index contributed by atoms with van der Waals surface area (Å²) in [6.07, 6.45) is 0. The number of benzene rings is 2. The number of ether oxygens (including phenoxy) is 2. The minimum Gasteiger partial charge on any atom is -0.497 e. The van der Waals surface area contributed by atoms with Gasteiger partial charge >= 0.3 is 0 Å². The topological polar surface area (TPSA) is 76.7 Å². The Kier molecular flexibility index (Phi) is 6.60. The summed E-state index contributed by atoms with van der Waals surface area (Å²) in [6, 6.07) is 11.0. The predicted octanol–water partition coefficient (Wildman–Crippen LogP) is 2.75. The van der Waals surface area contributed by atoms with E-state index in [0.717, 1.165) is 22.4 Å². The number of rotatable bonds is 7. The van der Waals surface area contributed by atoms with E-state index >= 15 is 0 Å². The zero-order valence-corrected chi connectivity index (χ0v) is 15.5. The molecule has 0 aromatic heterocycles. The van der Waals surface area contributed by atoms with Gasteiger partial charge in [0.05, 0.1) is 13.7 Å². The molecule has 0 heterocycles. The number of hydrogen-bond donors (Lipinski definition) is 2. The van der Waals surface area contributed by atoms with Crippen LogP contribution in [0.5, 0.6) is 11.5 Å². The lowest BCUT2D eigenvalue weighted by Gasteiger charge is -2.13. The maximum Gasteiger partial charge on any atom is 0.258 e. The molecular weight excluding hydrogens is 332 g/mol. The Morgan fingerprint density at radius 3 is 2.27 bits per heavy atom. The van der Waals surface area contributed by atoms with E-state index in [9.17, 15) is 9.59 Å². The molecule has 0 saturated carbocycles. The van der Waals surface area contributed by atoms with Gasteiger partial charge in [0.1, 0.15) is 11.5 Å². The number of methoxy groups -OCH3 is 1. The highest BCUT2D eigenvalue weighted by Crippen LogP contribution is 2.21. The average molecular weight is 356 g/mol. The molecule has 2 amide bonds. The third kappa shape index (κ3) is 5.51. The van der Waals surface area contributed by atoms with Crippen LogP contribution in [0.4, 0.5) is 5.69 Å². The summed E-state index contributed by atoms with van der Waals surface area (Å²) < 4.78 is 10.5. The SMILES string of the molecule is COc1cccc(OCC(=O)NCC(=O)Nc2c(C)cc(C)cc2C)c1. The first kappa shape index (κ1) is 19.3. The third-order valence-corrected chi connectivity index (χ3v) is 3.80. The molecule has 2 aromatic carbocycles. The van der Waals surface area contributed by atoms with Gasteiger partial charge in [-0.2, -0.15) is 0 Å². The smallest absolute Gasteiger partial charge is 0.258 e. The molecule has 0 fully saturated rings. The molecule has 26 heavy (non-hydrogen) atoms. The van der Waals surface area contributed by atoms with Crippen molar-refractivity contribution in [1.29, 1.82) is 0 Å². The first-order chi connectivity index (χ1) is 12.4. The Bertz CT molecular complexity index is 779. The molecule has 0 unspecified atom stereocenters. The molecule has 0 atom stereocenters. The molecule has 0 aliphatic rings. The monoisotopic (exact) mass is 356 g/mol. The molecule has 138 valence electrons. The van der Waals surface area contributed by atoms with E-state index < -0.39 is 0 Å². The van der Waals surface area contributed by atoms with Gasteiger partial charge in [0.2, 0.25) is 5.91 Å². The largest absolute Gasteiger partial charge is 0.497 e. The van der Waals surface area contributed by atoms with E-state index in [1.807, 2.05) is 32.9 Å². The van der Waals surface area contributed by atoms with Crippen molar-refractivity contribution in [3.8, 4) is 11.5 Å². The molecule has 0 spiro atoms. The lowest BCUT2D eigenvalue weighted by molar-refractivity contribution is -0.125. The van der Waals surface area contributed by atoms with Gasteiger partial charge in [0, 0.05) is 11.8 Å². The molecular formula is C20H24N2O4. The van der Waals surface area contributed by atoms with Gasteiger partial charge in [-0.3, -0.25) is 9.59 Å². The van der Waals surface area contributed by atoms with Crippen molar-refractivity contribution >= 4 is 17.5 Å². The van der Waals surface area contributed by atoms with Crippen LogP contribution < -0.4 is 20.1 Å². The minimum absolute atomic E-state index is 0.118. The first-order valence-electron chi connectivity index (χ1n) is 8.30. The Morgan fingerprint density at radius 2 is 1.62 bits per heavy atom. The summed E-state index contributed by atoms with van der Waals surface area (Å²) in [5.41, 5.74) is 3.90. The molecule has 0 saturated heterocycles. The second kappa shape index (κ2) is 8.89. The number of nitrogens with one attached hydrogen (secondary N) is 2. The predicted molar refractivity (Wildman–Crippen MR) is 101 cm³/mol. The summed E-state index contributed by atoms with van der Waals surface area (Å²) in [4.78, 5) is 23.9. The van der Waals surface area contributed by atoms with E-state index in [1.165, 1.54) is 0 Å². The van der Waals surface area contributed by atoms with E-state index in [4.69, 9.17) is 9.47 Å². The average Bonchev–Trinajstić information content (AvgIpc) is 2.61. The third-order valence-electron chi connectivity index (χ3n) is 3.80. The second-order valence-electron chi connectivity index (χ2n) is 6.07. The number of amides is 2. The number of anilines is 1. The van der Waals surface area contributed by atoms with E-state index in [-0.39, 0.29) is 25.0 Å². The van der Waals surface area contributed by atoms with E-state index in [1.54, 1.807) is 31.4 Å². The maximum absolute atomic E-state index is 12.1. The van der Waals surface area contributed by atoms with Gasteiger partial charge in [0.25, 0.3) is 5.91 Å². The van der Waals surface area contributed by atoms with Gasteiger partial charge in [-0.15, -0.1) is 0 Å². The number of carbonyl (C=O) groups excluding carboxylic acids is 2. The quantitative estimate of drug-likeness (QED) is 0.800. The van der Waals surface area contributed by atoms with Crippen molar-refractivity contribution in [1.82, 2.24) is 5.32 Å². The van der Waals surface area contributed by atoms with Crippen LogP contribution in [-0.2, 0) is 9.59 Å². The van der Waals surface area contributed by atoms with Crippen LogP contribution in [0.25, 0.3) is 0 Å². The molecule has 2 aromatic rings. The van der Waals surface area contributed by atoms with Crippen molar-refractivity contribution in [3.63, 3.8) is 0 Å². The number of carbonyl (C=O) groups is 2. The molecule has 0 bridgehead atoms. The molecule has 6 heteroatoms. The van der Waals surface area contributed by atoms with Gasteiger partial charge in [-0.05, 0) is 44.0 Å². The molecule has 0 aliphatic heterocycles. The van der Waals surface area contributed by atoms with E-state index in [0.29, 0.717) is 11.5 Å². The summed E-state index contributed by atoms with van der Waals surface area (Å²) >= 11 is 0. The van der Waals surface area contributed by atoms with Gasteiger partial charge < -0.3 is 20.1 Å². The van der Waals surface area contributed by atoms with Crippen LogP contribution in [0, 0.1) is 20.8 Å². The number of hydrogen-bond acceptors (Lipinski definition) is 4. The Balaban J connectivity index is 1.81. The van der Waals surface area contributed by atoms with Crippen molar-refractivity contribution in [3.05, 3.63) is 53.1 Å². The zero-order chi connectivity index (χ0) is 19.1. The standard InChI is InChI=1S/C20H24N2O4/c1-13-8-14(2)20(15(3)9-13)22-18(23)11-21-19(24)12-26-17-7-5-6-16(10-17)25-4/h5-10H,11-12H2,1-4H3,(H,21,24)(H,22,23). The van der Waals surface area contributed by atoms with Crippen LogP contribution in [0.15, 0.2) is 36.4 Å². The second-order valence-corrected chi connectivity index (χ2v) is 6.07. The van der Waals surface area contributed by atoms with Crippen LogP contribution in [0.1, 0.15) is 16.7 Å². The summed E-state index contributed by atoms with van der Waals surface area (Å²) in [5.74, 6) is 0.510. The lowest BCUT2D eigenvalue weighted by atomic mass is 10.1. The fraction of sp³-hybridized carbons (Fsp3) is 0.300. The summed E-state index contributed by atoms with van der Waals surface area (Å²) in [5, 5.41) is 5.38. The van der Waals surface area contributed by atoms with Crippen LogP contribution in [0.3, 0.4) is 0 Å². The fourth-order valence-electron chi connectivity index (χ4n) is 2.63. The Morgan fingerprint density at radius 1 is 0.962 bits per heavy atom. The molecule has 0 aliphatic carbocycles. The van der Waals surface area contributed by atoms with Crippen LogP contribution in [0.2, 0.25) is 0 Å². The van der Waals surface area contributed by atoms with E-state index in [2.05, 4.69) is 10.6 Å². The summed E-state index contributed by atoms with van der Waals surface area (Å²) in [7, 11) is 1.56. The van der Waals surface area contributed by atoms with Crippen molar-refractivity contribution < 1.29 is 19.1 Å². The highest BCUT2D eigenvalue weighted by molar-refractivity contribution is 5.95. The normalized spacial score (nSPS) is 10.2. The Labute approximate surface area is 153 Å². The van der Waals surface area contributed by atoms with Crippen molar-refractivity contribution in [2.24, 2.45) is 0 Å². The highest BCUT2D eigenvalue weighted by Gasteiger charge is 2.10. The molecule has 2 rings (SSSR count). The van der Waals surface area contributed by atoms with Gasteiger partial charge in [-0.1, -0.05) is 23.8 Å². The number of aryl methyl sites for hydroxylation is 3.